The van der Waals surface area contributed by atoms with Gasteiger partial charge in [0.25, 0.3) is 0 Å². The van der Waals surface area contributed by atoms with E-state index in [0.717, 1.165) is 21.7 Å². The van der Waals surface area contributed by atoms with Crippen molar-refractivity contribution < 1.29 is 33.3 Å². The van der Waals surface area contributed by atoms with E-state index in [-0.39, 0.29) is 11.7 Å². The first-order valence-electron chi connectivity index (χ1n) is 12.2. The molecule has 1 heterocycles. The molecule has 0 spiro atoms. The van der Waals surface area contributed by atoms with Gasteiger partial charge in [-0.15, -0.1) is 12.6 Å². The van der Waals surface area contributed by atoms with Crippen molar-refractivity contribution in [2.24, 2.45) is 0 Å². The number of rotatable bonds is 12. The molecule has 0 aliphatic rings. The number of aromatic nitrogens is 1. The lowest BCUT2D eigenvalue weighted by Crippen LogP contribution is -2.39. The topological polar surface area (TPSA) is 111 Å². The van der Waals surface area contributed by atoms with E-state index in [4.69, 9.17) is 18.6 Å². The maximum absolute atomic E-state index is 12.9. The van der Waals surface area contributed by atoms with E-state index in [2.05, 4.69) is 17.6 Å². The Balaban J connectivity index is 1.33. The lowest BCUT2D eigenvalue weighted by Gasteiger charge is -2.27. The van der Waals surface area contributed by atoms with Crippen molar-refractivity contribution in [1.29, 1.82) is 0 Å². The maximum atomic E-state index is 12.9. The van der Waals surface area contributed by atoms with Crippen LogP contribution in [0.25, 0.3) is 11.5 Å². The SMILES string of the molecule is C[C@@H](c1ccc(OCCc2coc(-c3ccccc3)n2)cc1)N(CC(=O)O)C(=O)Oc1ccc(OCS)cc1. The summed E-state index contributed by atoms with van der Waals surface area (Å²) < 4.78 is 22.1. The van der Waals surface area contributed by atoms with Crippen LogP contribution in [0.5, 0.6) is 17.2 Å². The second kappa shape index (κ2) is 13.4. The van der Waals surface area contributed by atoms with Crippen molar-refractivity contribution in [3.8, 4) is 28.7 Å². The largest absolute Gasteiger partial charge is 0.493 e. The van der Waals surface area contributed by atoms with Crippen molar-refractivity contribution in [2.45, 2.75) is 19.4 Å². The molecule has 10 heteroatoms. The Kier molecular flexibility index (Phi) is 9.47. The number of carbonyl (C=O) groups excluding carboxylic acids is 1. The summed E-state index contributed by atoms with van der Waals surface area (Å²) in [5, 5.41) is 9.39. The number of hydrogen-bond acceptors (Lipinski definition) is 8. The molecule has 0 bridgehead atoms. The fourth-order valence-electron chi connectivity index (χ4n) is 3.77. The Bertz CT molecular complexity index is 1360. The molecular formula is C29H28N2O7S. The van der Waals surface area contributed by atoms with Gasteiger partial charge >= 0.3 is 12.1 Å². The number of carboxylic acids is 1. The van der Waals surface area contributed by atoms with E-state index < -0.39 is 24.6 Å². The summed E-state index contributed by atoms with van der Waals surface area (Å²) in [6.07, 6.45) is 1.40. The summed E-state index contributed by atoms with van der Waals surface area (Å²) in [4.78, 5) is 30.0. The molecule has 0 saturated heterocycles. The first-order chi connectivity index (χ1) is 18.9. The number of amides is 1. The van der Waals surface area contributed by atoms with Crippen LogP contribution in [0.15, 0.2) is 89.5 Å². The number of nitrogens with zero attached hydrogens (tertiary/aromatic N) is 2. The lowest BCUT2D eigenvalue weighted by atomic mass is 10.1. The summed E-state index contributed by atoms with van der Waals surface area (Å²) in [7, 11) is 0. The molecular weight excluding hydrogens is 520 g/mol. The van der Waals surface area contributed by atoms with Crippen LogP contribution in [0.1, 0.15) is 24.2 Å². The van der Waals surface area contributed by atoms with E-state index in [1.54, 1.807) is 61.7 Å². The first kappa shape index (κ1) is 27.6. The molecule has 1 aromatic heterocycles. The third-order valence-corrected chi connectivity index (χ3v) is 5.96. The average Bonchev–Trinajstić information content (AvgIpc) is 3.42. The van der Waals surface area contributed by atoms with Gasteiger partial charge in [0.1, 0.15) is 36.0 Å². The summed E-state index contributed by atoms with van der Waals surface area (Å²) >= 11 is 4.00. The molecule has 0 fully saturated rings. The summed E-state index contributed by atoms with van der Waals surface area (Å²) in [6, 6.07) is 22.6. The van der Waals surface area contributed by atoms with E-state index in [0.29, 0.717) is 30.4 Å². The number of aliphatic carboxylic acids is 1. The van der Waals surface area contributed by atoms with Crippen LogP contribution in [0.2, 0.25) is 0 Å². The van der Waals surface area contributed by atoms with Gasteiger partial charge in [-0.2, -0.15) is 0 Å². The zero-order valence-corrected chi connectivity index (χ0v) is 22.1. The molecule has 9 nitrogen and oxygen atoms in total. The van der Waals surface area contributed by atoms with Crippen LogP contribution in [0.3, 0.4) is 0 Å². The van der Waals surface area contributed by atoms with E-state index in [9.17, 15) is 14.7 Å². The van der Waals surface area contributed by atoms with Crippen LogP contribution in [0, 0.1) is 0 Å². The number of ether oxygens (including phenoxy) is 3. The predicted octanol–water partition coefficient (Wildman–Crippen LogP) is 5.88. The van der Waals surface area contributed by atoms with Gasteiger partial charge in [-0.05, 0) is 61.0 Å². The highest BCUT2D eigenvalue weighted by Gasteiger charge is 2.26. The third kappa shape index (κ3) is 7.78. The van der Waals surface area contributed by atoms with Crippen LogP contribution in [-0.4, -0.2) is 46.1 Å². The van der Waals surface area contributed by atoms with Crippen molar-refractivity contribution in [2.75, 3.05) is 19.1 Å². The highest BCUT2D eigenvalue weighted by atomic mass is 32.1. The van der Waals surface area contributed by atoms with Crippen molar-refractivity contribution in [3.05, 3.63) is 96.4 Å². The fourth-order valence-corrected chi connectivity index (χ4v) is 3.92. The smallest absolute Gasteiger partial charge is 0.416 e. The summed E-state index contributed by atoms with van der Waals surface area (Å²) in [5.41, 5.74) is 2.42. The Hall–Kier alpha value is -4.44. The monoisotopic (exact) mass is 548 g/mol. The van der Waals surface area contributed by atoms with Crippen LogP contribution in [0.4, 0.5) is 4.79 Å². The summed E-state index contributed by atoms with van der Waals surface area (Å²) in [5.74, 6) is 1.09. The Morgan fingerprint density at radius 3 is 2.26 bits per heavy atom. The van der Waals surface area contributed by atoms with Crippen LogP contribution >= 0.6 is 12.6 Å². The fraction of sp³-hybridized carbons (Fsp3) is 0.207. The maximum Gasteiger partial charge on any atom is 0.416 e. The first-order valence-corrected chi connectivity index (χ1v) is 12.8. The van der Waals surface area contributed by atoms with Gasteiger partial charge in [-0.1, -0.05) is 30.3 Å². The molecule has 1 N–H and O–H groups in total. The predicted molar refractivity (Wildman–Crippen MR) is 147 cm³/mol. The quantitative estimate of drug-likeness (QED) is 0.167. The normalized spacial score (nSPS) is 11.4. The minimum absolute atomic E-state index is 0.212. The molecule has 1 amide bonds. The molecule has 0 aliphatic heterocycles. The Morgan fingerprint density at radius 1 is 0.949 bits per heavy atom. The number of oxazole rings is 1. The molecule has 0 radical (unpaired) electrons. The molecule has 0 unspecified atom stereocenters. The van der Waals surface area contributed by atoms with E-state index >= 15 is 0 Å². The van der Waals surface area contributed by atoms with E-state index in [1.165, 1.54) is 0 Å². The van der Waals surface area contributed by atoms with Gasteiger partial charge in [0.15, 0.2) is 0 Å². The second-order valence-corrected chi connectivity index (χ2v) is 8.75. The minimum atomic E-state index is -1.15. The van der Waals surface area contributed by atoms with Crippen molar-refractivity contribution in [1.82, 2.24) is 9.88 Å². The van der Waals surface area contributed by atoms with Gasteiger partial charge in [-0.25, -0.2) is 9.78 Å². The van der Waals surface area contributed by atoms with Gasteiger partial charge < -0.3 is 23.7 Å². The lowest BCUT2D eigenvalue weighted by molar-refractivity contribution is -0.138. The summed E-state index contributed by atoms with van der Waals surface area (Å²) in [6.45, 7) is 1.60. The van der Waals surface area contributed by atoms with Gasteiger partial charge in [0, 0.05) is 12.0 Å². The standard InChI is InChI=1S/C29H28N2O7S/c1-20(31(17-27(32)33)29(34)38-26-13-11-25(12-14-26)37-19-39)21-7-9-24(10-8-21)35-16-15-23-18-36-28(30-23)22-5-3-2-4-6-22/h2-14,18,20,39H,15-17,19H2,1H3,(H,32,33)/t20-/m0/s1. The van der Waals surface area contributed by atoms with Crippen LogP contribution < -0.4 is 14.2 Å². The highest BCUT2D eigenvalue weighted by molar-refractivity contribution is 7.80. The van der Waals surface area contributed by atoms with Gasteiger partial charge in [0.2, 0.25) is 5.89 Å². The number of thiol groups is 1. The van der Waals surface area contributed by atoms with Crippen molar-refractivity contribution in [3.63, 3.8) is 0 Å². The van der Waals surface area contributed by atoms with Crippen molar-refractivity contribution >= 4 is 24.7 Å². The second-order valence-electron chi connectivity index (χ2n) is 8.49. The Morgan fingerprint density at radius 2 is 1.59 bits per heavy atom. The number of benzene rings is 3. The number of carbonyl (C=O) groups is 2. The molecule has 4 rings (SSSR count). The number of hydrogen-bond donors (Lipinski definition) is 2. The van der Waals surface area contributed by atoms with Gasteiger partial charge in [0.05, 0.1) is 18.3 Å². The molecule has 1 atom stereocenters. The zero-order valence-electron chi connectivity index (χ0n) is 21.2. The minimum Gasteiger partial charge on any atom is -0.493 e. The molecule has 3 aromatic carbocycles. The molecule has 0 aliphatic carbocycles. The van der Waals surface area contributed by atoms with Crippen LogP contribution in [-0.2, 0) is 11.2 Å². The highest BCUT2D eigenvalue weighted by Crippen LogP contribution is 2.25. The molecule has 4 aromatic rings. The zero-order chi connectivity index (χ0) is 27.6. The number of carboxylic acid groups (broad SMARTS) is 1. The van der Waals surface area contributed by atoms with Gasteiger partial charge in [-0.3, -0.25) is 9.69 Å². The molecule has 0 saturated carbocycles. The van der Waals surface area contributed by atoms with E-state index in [1.807, 2.05) is 30.3 Å². The molecule has 202 valence electrons. The molecule has 39 heavy (non-hydrogen) atoms. The average molecular weight is 549 g/mol. The third-order valence-electron chi connectivity index (χ3n) is 5.83. The Labute approximate surface area is 231 Å².